The Bertz CT molecular complexity index is 535. The largest absolute Gasteiger partial charge is 0.378 e. The lowest BCUT2D eigenvalue weighted by Crippen LogP contribution is -2.36. The summed E-state index contributed by atoms with van der Waals surface area (Å²) in [7, 11) is 0. The van der Waals surface area contributed by atoms with Crippen molar-refractivity contribution in [2.75, 3.05) is 31.2 Å². The van der Waals surface area contributed by atoms with Crippen LogP contribution in [-0.4, -0.2) is 26.3 Å². The minimum atomic E-state index is 0.815. The van der Waals surface area contributed by atoms with Crippen LogP contribution in [0, 0.1) is 0 Å². The number of ether oxygens (including phenoxy) is 1. The van der Waals surface area contributed by atoms with Gasteiger partial charge in [-0.1, -0.05) is 30.3 Å². The van der Waals surface area contributed by atoms with Gasteiger partial charge in [0.05, 0.1) is 18.9 Å². The molecule has 1 heterocycles. The van der Waals surface area contributed by atoms with Crippen molar-refractivity contribution in [1.82, 2.24) is 0 Å². The van der Waals surface area contributed by atoms with Crippen LogP contribution in [0.1, 0.15) is 0 Å². The fourth-order valence-corrected chi connectivity index (χ4v) is 2.93. The van der Waals surface area contributed by atoms with Crippen LogP contribution < -0.4 is 4.90 Å². The normalized spacial score (nSPS) is 16.4. The van der Waals surface area contributed by atoms with E-state index in [1.165, 1.54) is 16.5 Å². The minimum absolute atomic E-state index is 0.815. The molecule has 1 saturated heterocycles. The molecule has 0 radical (unpaired) electrons. The van der Waals surface area contributed by atoms with Crippen LogP contribution in [0.25, 0.3) is 10.8 Å². The molecule has 2 aromatic carbocycles. The molecule has 0 bridgehead atoms. The van der Waals surface area contributed by atoms with Crippen LogP contribution in [0.4, 0.5) is 5.69 Å². The van der Waals surface area contributed by atoms with Crippen LogP contribution >= 0.6 is 15.9 Å². The monoisotopic (exact) mass is 291 g/mol. The highest BCUT2D eigenvalue weighted by Gasteiger charge is 2.16. The maximum absolute atomic E-state index is 5.42. The predicted molar refractivity (Wildman–Crippen MR) is 74.7 cm³/mol. The molecular weight excluding hydrogens is 278 g/mol. The highest BCUT2D eigenvalue weighted by atomic mass is 79.9. The summed E-state index contributed by atoms with van der Waals surface area (Å²) in [5.74, 6) is 0. The van der Waals surface area contributed by atoms with Gasteiger partial charge in [-0.3, -0.25) is 0 Å². The highest BCUT2D eigenvalue weighted by molar-refractivity contribution is 9.10. The minimum Gasteiger partial charge on any atom is -0.378 e. The van der Waals surface area contributed by atoms with E-state index in [9.17, 15) is 0 Å². The average molecular weight is 292 g/mol. The molecule has 3 heteroatoms. The van der Waals surface area contributed by atoms with E-state index in [1.54, 1.807) is 0 Å². The highest BCUT2D eigenvalue weighted by Crippen LogP contribution is 2.34. The van der Waals surface area contributed by atoms with E-state index in [1.807, 2.05) is 0 Å². The number of halogens is 1. The van der Waals surface area contributed by atoms with Gasteiger partial charge in [-0.05, 0) is 27.4 Å². The fourth-order valence-electron chi connectivity index (χ4n) is 2.34. The van der Waals surface area contributed by atoms with Crippen LogP contribution in [0.5, 0.6) is 0 Å². The van der Waals surface area contributed by atoms with Crippen molar-refractivity contribution in [3.8, 4) is 0 Å². The van der Waals surface area contributed by atoms with Gasteiger partial charge in [0.1, 0.15) is 0 Å². The second-order valence-electron chi connectivity index (χ2n) is 4.22. The molecular formula is C14H14BrNO. The van der Waals surface area contributed by atoms with Gasteiger partial charge in [0.15, 0.2) is 0 Å². The third-order valence-electron chi connectivity index (χ3n) is 3.18. The number of rotatable bonds is 1. The molecule has 0 N–H and O–H groups in total. The molecule has 0 unspecified atom stereocenters. The van der Waals surface area contributed by atoms with Crippen molar-refractivity contribution in [2.24, 2.45) is 0 Å². The standard InChI is InChI=1S/C14H14BrNO/c15-13-6-5-11-3-1-2-4-12(11)14(13)16-7-9-17-10-8-16/h1-6H,7-10H2. The van der Waals surface area contributed by atoms with E-state index < -0.39 is 0 Å². The molecule has 0 atom stereocenters. The molecule has 0 aromatic heterocycles. The Morgan fingerprint density at radius 2 is 1.76 bits per heavy atom. The number of fused-ring (bicyclic) bond motifs is 1. The van der Waals surface area contributed by atoms with E-state index in [0.717, 1.165) is 30.8 Å². The number of benzene rings is 2. The van der Waals surface area contributed by atoms with E-state index in [4.69, 9.17) is 4.74 Å². The molecule has 17 heavy (non-hydrogen) atoms. The Morgan fingerprint density at radius 1 is 1.00 bits per heavy atom. The summed E-state index contributed by atoms with van der Waals surface area (Å²) in [6, 6.07) is 12.8. The second kappa shape index (κ2) is 4.67. The fraction of sp³-hybridized carbons (Fsp3) is 0.286. The average Bonchev–Trinajstić information content (AvgIpc) is 2.39. The summed E-state index contributed by atoms with van der Waals surface area (Å²) in [6.07, 6.45) is 0. The number of nitrogens with zero attached hydrogens (tertiary/aromatic N) is 1. The molecule has 2 nitrogen and oxygen atoms in total. The van der Waals surface area contributed by atoms with Crippen molar-refractivity contribution in [3.05, 3.63) is 40.9 Å². The molecule has 0 amide bonds. The quantitative estimate of drug-likeness (QED) is 0.798. The number of morpholine rings is 1. The predicted octanol–water partition coefficient (Wildman–Crippen LogP) is 3.44. The maximum Gasteiger partial charge on any atom is 0.0642 e. The summed E-state index contributed by atoms with van der Waals surface area (Å²) >= 11 is 3.67. The molecule has 1 aliphatic heterocycles. The van der Waals surface area contributed by atoms with Crippen molar-refractivity contribution in [3.63, 3.8) is 0 Å². The van der Waals surface area contributed by atoms with Gasteiger partial charge in [0, 0.05) is 22.9 Å². The van der Waals surface area contributed by atoms with Gasteiger partial charge in [0.2, 0.25) is 0 Å². The lowest BCUT2D eigenvalue weighted by molar-refractivity contribution is 0.123. The Balaban J connectivity index is 2.15. The third-order valence-corrected chi connectivity index (χ3v) is 3.82. The number of hydrogen-bond donors (Lipinski definition) is 0. The topological polar surface area (TPSA) is 12.5 Å². The van der Waals surface area contributed by atoms with Crippen molar-refractivity contribution >= 4 is 32.4 Å². The molecule has 2 aromatic rings. The lowest BCUT2D eigenvalue weighted by Gasteiger charge is -2.30. The van der Waals surface area contributed by atoms with Gasteiger partial charge in [-0.2, -0.15) is 0 Å². The van der Waals surface area contributed by atoms with Gasteiger partial charge in [-0.25, -0.2) is 0 Å². The SMILES string of the molecule is Brc1ccc2ccccc2c1N1CCOCC1. The molecule has 0 saturated carbocycles. The zero-order valence-corrected chi connectivity index (χ0v) is 11.1. The van der Waals surface area contributed by atoms with E-state index in [-0.39, 0.29) is 0 Å². The summed E-state index contributed by atoms with van der Waals surface area (Å²) in [6.45, 7) is 3.56. The number of anilines is 1. The van der Waals surface area contributed by atoms with Crippen molar-refractivity contribution in [1.29, 1.82) is 0 Å². The molecule has 1 aliphatic rings. The first kappa shape index (κ1) is 11.1. The summed E-state index contributed by atoms with van der Waals surface area (Å²) in [5, 5.41) is 2.60. The Kier molecular flexibility index (Phi) is 3.04. The zero-order valence-electron chi connectivity index (χ0n) is 9.53. The Labute approximate surface area is 109 Å². The van der Waals surface area contributed by atoms with Gasteiger partial charge >= 0.3 is 0 Å². The lowest BCUT2D eigenvalue weighted by atomic mass is 10.1. The van der Waals surface area contributed by atoms with Crippen LogP contribution in [0.3, 0.4) is 0 Å². The summed E-state index contributed by atoms with van der Waals surface area (Å²) in [5.41, 5.74) is 1.30. The second-order valence-corrected chi connectivity index (χ2v) is 5.07. The summed E-state index contributed by atoms with van der Waals surface area (Å²) in [4.78, 5) is 2.40. The van der Waals surface area contributed by atoms with Crippen molar-refractivity contribution < 1.29 is 4.74 Å². The first-order valence-corrected chi connectivity index (χ1v) is 6.65. The number of hydrogen-bond acceptors (Lipinski definition) is 2. The molecule has 0 aliphatic carbocycles. The van der Waals surface area contributed by atoms with Crippen LogP contribution in [-0.2, 0) is 4.74 Å². The first-order chi connectivity index (χ1) is 8.36. The smallest absolute Gasteiger partial charge is 0.0642 e. The van der Waals surface area contributed by atoms with E-state index in [2.05, 4.69) is 57.2 Å². The van der Waals surface area contributed by atoms with Gasteiger partial charge in [0.25, 0.3) is 0 Å². The van der Waals surface area contributed by atoms with Crippen LogP contribution in [0.15, 0.2) is 40.9 Å². The molecule has 3 rings (SSSR count). The molecule has 88 valence electrons. The zero-order chi connectivity index (χ0) is 11.7. The van der Waals surface area contributed by atoms with Gasteiger partial charge in [-0.15, -0.1) is 0 Å². The first-order valence-electron chi connectivity index (χ1n) is 5.86. The van der Waals surface area contributed by atoms with E-state index in [0.29, 0.717) is 0 Å². The van der Waals surface area contributed by atoms with Gasteiger partial charge < -0.3 is 9.64 Å². The maximum atomic E-state index is 5.42. The van der Waals surface area contributed by atoms with Crippen LogP contribution in [0.2, 0.25) is 0 Å². The van der Waals surface area contributed by atoms with Crippen molar-refractivity contribution in [2.45, 2.75) is 0 Å². The molecule has 1 fully saturated rings. The summed E-state index contributed by atoms with van der Waals surface area (Å²) < 4.78 is 6.58. The van der Waals surface area contributed by atoms with E-state index >= 15 is 0 Å². The third kappa shape index (κ3) is 2.05. The molecule has 0 spiro atoms. The Morgan fingerprint density at radius 3 is 2.59 bits per heavy atom. The Hall–Kier alpha value is -1.06.